The van der Waals surface area contributed by atoms with E-state index >= 15 is 0 Å². The Balaban J connectivity index is 2.26. The number of amides is 1. The zero-order chi connectivity index (χ0) is 15.6. The third-order valence-electron chi connectivity index (χ3n) is 3.54. The van der Waals surface area contributed by atoms with Crippen molar-refractivity contribution in [3.63, 3.8) is 0 Å². The van der Waals surface area contributed by atoms with Crippen molar-refractivity contribution in [1.29, 1.82) is 0 Å². The van der Waals surface area contributed by atoms with Gasteiger partial charge in [-0.15, -0.1) is 0 Å². The van der Waals surface area contributed by atoms with E-state index in [1.807, 2.05) is 0 Å². The van der Waals surface area contributed by atoms with Gasteiger partial charge in [0.05, 0.1) is 23.7 Å². The summed E-state index contributed by atoms with van der Waals surface area (Å²) in [6, 6.07) is 3.47. The number of hydrogen-bond acceptors (Lipinski definition) is 3. The molecule has 1 aromatic rings. The highest BCUT2D eigenvalue weighted by Crippen LogP contribution is 2.23. The van der Waals surface area contributed by atoms with Gasteiger partial charge in [0, 0.05) is 12.1 Å². The summed E-state index contributed by atoms with van der Waals surface area (Å²) in [6.07, 6.45) is 0. The first-order valence-corrected chi connectivity index (χ1v) is 7.31. The average Bonchev–Trinajstić information content (AvgIpc) is 2.92. The van der Waals surface area contributed by atoms with Gasteiger partial charge in [0.2, 0.25) is 0 Å². The number of carbonyl (C=O) groups is 2. The van der Waals surface area contributed by atoms with E-state index in [2.05, 4.69) is 15.9 Å². The molecule has 0 aromatic heterocycles. The number of ether oxygens (including phenoxy) is 1. The Labute approximate surface area is 129 Å². The van der Waals surface area contributed by atoms with E-state index in [1.54, 1.807) is 6.92 Å². The van der Waals surface area contributed by atoms with Gasteiger partial charge in [-0.1, -0.05) is 0 Å². The molecule has 1 amide bonds. The number of hydrogen-bond donors (Lipinski definition) is 1. The fraction of sp³-hybridized carbons (Fsp3) is 0.429. The predicted molar refractivity (Wildman–Crippen MR) is 76.5 cm³/mol. The third kappa shape index (κ3) is 3.24. The SMILES string of the molecule is CCN(C(=O)c1ccc(F)c(Br)c1)C1COCC1C(=O)O. The maximum Gasteiger partial charge on any atom is 0.311 e. The van der Waals surface area contributed by atoms with E-state index in [-0.39, 0.29) is 23.6 Å². The van der Waals surface area contributed by atoms with Crippen LogP contribution in [-0.4, -0.2) is 47.7 Å². The Morgan fingerprint density at radius 2 is 2.19 bits per heavy atom. The minimum absolute atomic E-state index is 0.0941. The topological polar surface area (TPSA) is 66.8 Å². The number of benzene rings is 1. The van der Waals surface area contributed by atoms with Gasteiger partial charge in [-0.25, -0.2) is 4.39 Å². The summed E-state index contributed by atoms with van der Waals surface area (Å²) in [5.74, 6) is -2.51. The first-order chi connectivity index (χ1) is 9.95. The number of carbonyl (C=O) groups excluding carboxylic acids is 1. The fourth-order valence-corrected chi connectivity index (χ4v) is 2.79. The molecule has 2 rings (SSSR count). The quantitative estimate of drug-likeness (QED) is 0.894. The number of nitrogens with zero attached hydrogens (tertiary/aromatic N) is 1. The normalized spacial score (nSPS) is 21.3. The number of halogens is 2. The number of aliphatic carboxylic acids is 1. The van der Waals surface area contributed by atoms with E-state index in [9.17, 15) is 19.1 Å². The summed E-state index contributed by atoms with van der Waals surface area (Å²) >= 11 is 3.04. The molecule has 1 saturated heterocycles. The van der Waals surface area contributed by atoms with Gasteiger partial charge in [-0.05, 0) is 41.1 Å². The van der Waals surface area contributed by atoms with Crippen molar-refractivity contribution < 1.29 is 23.8 Å². The second-order valence-electron chi connectivity index (χ2n) is 4.77. The zero-order valence-electron chi connectivity index (χ0n) is 11.4. The largest absolute Gasteiger partial charge is 0.481 e. The maximum absolute atomic E-state index is 13.2. The van der Waals surface area contributed by atoms with Crippen molar-refractivity contribution in [3.05, 3.63) is 34.1 Å². The molecule has 7 heteroatoms. The van der Waals surface area contributed by atoms with Crippen LogP contribution in [0.3, 0.4) is 0 Å². The molecule has 0 saturated carbocycles. The van der Waals surface area contributed by atoms with Crippen LogP contribution in [0, 0.1) is 11.7 Å². The summed E-state index contributed by atoms with van der Waals surface area (Å²) in [5, 5.41) is 9.19. The van der Waals surface area contributed by atoms with Crippen LogP contribution in [0.1, 0.15) is 17.3 Å². The molecule has 1 aromatic carbocycles. The Bertz CT molecular complexity index is 566. The highest BCUT2D eigenvalue weighted by molar-refractivity contribution is 9.10. The highest BCUT2D eigenvalue weighted by Gasteiger charge is 2.39. The Hall–Kier alpha value is -1.47. The van der Waals surface area contributed by atoms with Crippen LogP contribution in [0.2, 0.25) is 0 Å². The standard InChI is InChI=1S/C14H15BrFNO4/c1-2-17(12-7-21-6-9(12)14(19)20)13(18)8-3-4-11(16)10(15)5-8/h3-5,9,12H,2,6-7H2,1H3,(H,19,20). The van der Waals surface area contributed by atoms with E-state index in [0.717, 1.165) is 0 Å². The highest BCUT2D eigenvalue weighted by atomic mass is 79.9. The molecule has 0 radical (unpaired) electrons. The second-order valence-corrected chi connectivity index (χ2v) is 5.62. The smallest absolute Gasteiger partial charge is 0.311 e. The van der Waals surface area contributed by atoms with E-state index < -0.39 is 23.7 Å². The van der Waals surface area contributed by atoms with Crippen LogP contribution >= 0.6 is 15.9 Å². The average molecular weight is 360 g/mol. The van der Waals surface area contributed by atoms with Gasteiger partial charge in [-0.3, -0.25) is 9.59 Å². The molecule has 1 heterocycles. The molecule has 1 N–H and O–H groups in total. The molecule has 2 atom stereocenters. The van der Waals surface area contributed by atoms with Gasteiger partial charge in [0.25, 0.3) is 5.91 Å². The second kappa shape index (κ2) is 6.53. The Morgan fingerprint density at radius 1 is 1.48 bits per heavy atom. The van der Waals surface area contributed by atoms with E-state index in [0.29, 0.717) is 12.1 Å². The molecular formula is C14H15BrFNO4. The minimum Gasteiger partial charge on any atom is -0.481 e. The number of rotatable bonds is 4. The van der Waals surface area contributed by atoms with E-state index in [4.69, 9.17) is 4.74 Å². The van der Waals surface area contributed by atoms with Crippen LogP contribution in [-0.2, 0) is 9.53 Å². The molecule has 2 unspecified atom stereocenters. The third-order valence-corrected chi connectivity index (χ3v) is 4.14. The van der Waals surface area contributed by atoms with Crippen molar-refractivity contribution in [2.45, 2.75) is 13.0 Å². The van der Waals surface area contributed by atoms with E-state index in [1.165, 1.54) is 23.1 Å². The Kier molecular flexibility index (Phi) is 4.95. The first kappa shape index (κ1) is 15.9. The number of carboxylic acids is 1. The summed E-state index contributed by atoms with van der Waals surface area (Å²) in [4.78, 5) is 25.2. The summed E-state index contributed by atoms with van der Waals surface area (Å²) in [5.41, 5.74) is 0.307. The van der Waals surface area contributed by atoms with Crippen molar-refractivity contribution in [3.8, 4) is 0 Å². The molecule has 5 nitrogen and oxygen atoms in total. The summed E-state index contributed by atoms with van der Waals surface area (Å²) in [6.45, 7) is 2.41. The lowest BCUT2D eigenvalue weighted by atomic mass is 10.0. The lowest BCUT2D eigenvalue weighted by molar-refractivity contribution is -0.142. The van der Waals surface area contributed by atoms with Gasteiger partial charge in [0.15, 0.2) is 0 Å². The molecule has 1 aliphatic heterocycles. The number of carboxylic acid groups (broad SMARTS) is 1. The van der Waals surface area contributed by atoms with Crippen molar-refractivity contribution in [1.82, 2.24) is 4.90 Å². The zero-order valence-corrected chi connectivity index (χ0v) is 13.0. The van der Waals surface area contributed by atoms with Crippen molar-refractivity contribution in [2.75, 3.05) is 19.8 Å². The monoisotopic (exact) mass is 359 g/mol. The molecule has 1 aliphatic rings. The predicted octanol–water partition coefficient (Wildman–Crippen LogP) is 2.15. The van der Waals surface area contributed by atoms with Crippen LogP contribution in [0.4, 0.5) is 4.39 Å². The summed E-state index contributed by atoms with van der Waals surface area (Å²) < 4.78 is 18.6. The van der Waals surface area contributed by atoms with Crippen LogP contribution < -0.4 is 0 Å². The molecule has 0 spiro atoms. The Morgan fingerprint density at radius 3 is 2.76 bits per heavy atom. The first-order valence-electron chi connectivity index (χ1n) is 6.52. The maximum atomic E-state index is 13.2. The van der Waals surface area contributed by atoms with Gasteiger partial charge in [0.1, 0.15) is 11.7 Å². The van der Waals surface area contributed by atoms with Crippen LogP contribution in [0.5, 0.6) is 0 Å². The van der Waals surface area contributed by atoms with Gasteiger partial charge < -0.3 is 14.7 Å². The molecule has 0 bridgehead atoms. The molecule has 0 aliphatic carbocycles. The van der Waals surface area contributed by atoms with Crippen molar-refractivity contribution >= 4 is 27.8 Å². The number of likely N-dealkylation sites (N-methyl/N-ethyl adjacent to an activating group) is 1. The summed E-state index contributed by atoms with van der Waals surface area (Å²) in [7, 11) is 0. The lowest BCUT2D eigenvalue weighted by Crippen LogP contribution is -2.46. The molecule has 114 valence electrons. The van der Waals surface area contributed by atoms with Gasteiger partial charge in [-0.2, -0.15) is 0 Å². The minimum atomic E-state index is -0.982. The molecule has 1 fully saturated rings. The van der Waals surface area contributed by atoms with Gasteiger partial charge >= 0.3 is 5.97 Å². The molecular weight excluding hydrogens is 345 g/mol. The molecule has 21 heavy (non-hydrogen) atoms. The fourth-order valence-electron chi connectivity index (χ4n) is 2.41. The van der Waals surface area contributed by atoms with Crippen molar-refractivity contribution in [2.24, 2.45) is 5.92 Å². The van der Waals surface area contributed by atoms with Crippen LogP contribution in [0.15, 0.2) is 22.7 Å². The van der Waals surface area contributed by atoms with Crippen LogP contribution in [0.25, 0.3) is 0 Å². The lowest BCUT2D eigenvalue weighted by Gasteiger charge is -2.29.